The third-order valence-electron chi connectivity index (χ3n) is 2.90. The molecular formula is C12H7ClF3N3O4S2. The molecule has 0 aliphatic heterocycles. The third kappa shape index (κ3) is 3.65. The Morgan fingerprint density at radius 2 is 2.08 bits per heavy atom. The second-order valence-corrected chi connectivity index (χ2v) is 7.96. The summed E-state index contributed by atoms with van der Waals surface area (Å²) in [4.78, 5) is 16.0. The Hall–Kier alpha value is -2.05. The van der Waals surface area contributed by atoms with Crippen molar-refractivity contribution in [3.63, 3.8) is 0 Å². The molecule has 0 unspecified atom stereocenters. The highest BCUT2D eigenvalue weighted by molar-refractivity contribution is 7.89. The van der Waals surface area contributed by atoms with Gasteiger partial charge in [-0.05, 0) is 12.1 Å². The van der Waals surface area contributed by atoms with Gasteiger partial charge in [0, 0.05) is 6.20 Å². The van der Waals surface area contributed by atoms with Crippen molar-refractivity contribution in [3.8, 4) is 5.75 Å². The van der Waals surface area contributed by atoms with E-state index in [1.807, 2.05) is 0 Å². The molecular weight excluding hydrogens is 407 g/mol. The summed E-state index contributed by atoms with van der Waals surface area (Å²) in [5, 5.41) is -0.243. The summed E-state index contributed by atoms with van der Waals surface area (Å²) < 4.78 is 66.6. The Bertz CT molecular complexity index is 1100. The molecule has 0 spiro atoms. The lowest BCUT2D eigenvalue weighted by Crippen LogP contribution is -2.29. The number of amides is 1. The number of carbonyl (C=O) groups excluding carboxylic acids is 1. The van der Waals surface area contributed by atoms with E-state index in [0.29, 0.717) is 5.52 Å². The van der Waals surface area contributed by atoms with E-state index in [2.05, 4.69) is 9.72 Å². The van der Waals surface area contributed by atoms with E-state index < -0.39 is 28.0 Å². The van der Waals surface area contributed by atoms with Crippen LogP contribution in [0.2, 0.25) is 5.02 Å². The van der Waals surface area contributed by atoms with Crippen molar-refractivity contribution in [2.24, 2.45) is 0 Å². The quantitative estimate of drug-likeness (QED) is 0.713. The van der Waals surface area contributed by atoms with E-state index in [1.54, 1.807) is 4.72 Å². The van der Waals surface area contributed by atoms with Gasteiger partial charge in [0.05, 0.1) is 16.5 Å². The summed E-state index contributed by atoms with van der Waals surface area (Å²) in [7, 11) is -3.75. The van der Waals surface area contributed by atoms with E-state index in [1.165, 1.54) is 16.7 Å². The van der Waals surface area contributed by atoms with Crippen molar-refractivity contribution in [1.29, 1.82) is 0 Å². The molecule has 0 aliphatic rings. The zero-order valence-corrected chi connectivity index (χ0v) is 14.5. The van der Waals surface area contributed by atoms with Crippen LogP contribution in [0.4, 0.5) is 13.2 Å². The highest BCUT2D eigenvalue weighted by Crippen LogP contribution is 2.39. The number of aromatic nitrogens is 2. The molecule has 0 aliphatic carbocycles. The third-order valence-corrected chi connectivity index (χ3v) is 5.04. The average molecular weight is 414 g/mol. The first kappa shape index (κ1) is 17.8. The number of thiazole rings is 1. The molecule has 13 heteroatoms. The van der Waals surface area contributed by atoms with Gasteiger partial charge in [-0.3, -0.25) is 9.20 Å². The Balaban J connectivity index is 2.06. The van der Waals surface area contributed by atoms with Gasteiger partial charge < -0.3 is 4.74 Å². The van der Waals surface area contributed by atoms with Gasteiger partial charge in [-0.15, -0.1) is 13.2 Å². The zero-order chi connectivity index (χ0) is 18.6. The van der Waals surface area contributed by atoms with E-state index in [9.17, 15) is 26.4 Å². The Kier molecular flexibility index (Phi) is 4.08. The van der Waals surface area contributed by atoms with Crippen molar-refractivity contribution in [3.05, 3.63) is 29.0 Å². The van der Waals surface area contributed by atoms with E-state index in [0.717, 1.165) is 23.7 Å². The summed E-state index contributed by atoms with van der Waals surface area (Å²) in [6, 6.07) is 2.37. The highest BCUT2D eigenvalue weighted by atomic mass is 35.5. The summed E-state index contributed by atoms with van der Waals surface area (Å²) in [5.41, 5.74) is 0.232. The fraction of sp³-hybridized carbons (Fsp3) is 0.167. The number of fused-ring (bicyclic) bond motifs is 3. The van der Waals surface area contributed by atoms with Crippen molar-refractivity contribution < 1.29 is 31.1 Å². The minimum atomic E-state index is -4.88. The van der Waals surface area contributed by atoms with Gasteiger partial charge in [-0.2, -0.15) is 0 Å². The molecule has 7 nitrogen and oxygen atoms in total. The lowest BCUT2D eigenvalue weighted by atomic mass is 10.3. The molecule has 0 radical (unpaired) electrons. The summed E-state index contributed by atoms with van der Waals surface area (Å²) in [6.07, 6.45) is -2.80. The maximum absolute atomic E-state index is 12.4. The van der Waals surface area contributed by atoms with Crippen LogP contribution < -0.4 is 9.46 Å². The molecule has 2 aromatic heterocycles. The number of hydrogen-bond acceptors (Lipinski definition) is 6. The number of ether oxygens (including phenoxy) is 1. The number of nitrogens with one attached hydrogen (secondary N) is 1. The predicted molar refractivity (Wildman–Crippen MR) is 84.6 cm³/mol. The Labute approximate surface area is 147 Å². The molecule has 25 heavy (non-hydrogen) atoms. The van der Waals surface area contributed by atoms with Crippen LogP contribution in [0.5, 0.6) is 5.75 Å². The van der Waals surface area contributed by atoms with Crippen LogP contribution in [0.1, 0.15) is 10.5 Å². The number of nitrogens with zero attached hydrogens (tertiary/aromatic N) is 2. The van der Waals surface area contributed by atoms with Crippen LogP contribution in [0.25, 0.3) is 15.2 Å². The second kappa shape index (κ2) is 5.75. The molecule has 2 heterocycles. The number of carbonyl (C=O) groups is 1. The average Bonchev–Trinajstić information content (AvgIpc) is 2.97. The van der Waals surface area contributed by atoms with Crippen molar-refractivity contribution in [1.82, 2.24) is 14.1 Å². The lowest BCUT2D eigenvalue weighted by molar-refractivity contribution is -0.274. The fourth-order valence-corrected chi connectivity index (χ4v) is 3.84. The van der Waals surface area contributed by atoms with Gasteiger partial charge >= 0.3 is 6.36 Å². The SMILES string of the molecule is CS(=O)(=O)NC(=O)c1cn2c(n1)sc1c(Cl)c(OC(F)(F)F)ccc12. The first-order chi connectivity index (χ1) is 11.4. The van der Waals surface area contributed by atoms with Gasteiger partial charge in [0.25, 0.3) is 5.91 Å². The molecule has 3 rings (SSSR count). The van der Waals surface area contributed by atoms with Gasteiger partial charge in [0.15, 0.2) is 4.96 Å². The van der Waals surface area contributed by atoms with Gasteiger partial charge in [0.2, 0.25) is 10.0 Å². The minimum Gasteiger partial charge on any atom is -0.404 e. The number of alkyl halides is 3. The van der Waals surface area contributed by atoms with Crippen LogP contribution in [0.15, 0.2) is 18.3 Å². The predicted octanol–water partition coefficient (Wildman–Crippen LogP) is 2.79. The maximum atomic E-state index is 12.4. The number of sulfonamides is 1. The molecule has 134 valence electrons. The minimum absolute atomic E-state index is 0.162. The normalized spacial score (nSPS) is 12.7. The molecule has 0 atom stereocenters. The molecule has 3 aromatic rings. The highest BCUT2D eigenvalue weighted by Gasteiger charge is 2.32. The molecule has 0 bridgehead atoms. The molecule has 0 saturated heterocycles. The summed E-state index contributed by atoms with van der Waals surface area (Å²) in [5.74, 6) is -1.48. The first-order valence-electron chi connectivity index (χ1n) is 6.32. The molecule has 1 N–H and O–H groups in total. The van der Waals surface area contributed by atoms with Crippen molar-refractivity contribution in [2.75, 3.05) is 6.26 Å². The standard InChI is InChI=1S/C12H7ClF3N3O4S2/c1-25(21,22)18-10(20)5-4-19-6-2-3-7(23-12(14,15)16)8(13)9(6)24-11(19)17-5/h2-4H,1H3,(H,18,20). The summed E-state index contributed by atoms with van der Waals surface area (Å²) >= 11 is 6.88. The van der Waals surface area contributed by atoms with Crippen LogP contribution in [0, 0.1) is 0 Å². The van der Waals surface area contributed by atoms with E-state index >= 15 is 0 Å². The molecule has 1 amide bonds. The molecule has 1 aromatic carbocycles. The van der Waals surface area contributed by atoms with Gasteiger partial charge in [0.1, 0.15) is 16.5 Å². The van der Waals surface area contributed by atoms with Crippen molar-refractivity contribution in [2.45, 2.75) is 6.36 Å². The molecule has 0 fully saturated rings. The molecule has 0 saturated carbocycles. The van der Waals surface area contributed by atoms with Gasteiger partial charge in [-0.25, -0.2) is 18.1 Å². The van der Waals surface area contributed by atoms with Crippen LogP contribution in [-0.4, -0.2) is 36.3 Å². The largest absolute Gasteiger partial charge is 0.573 e. The topological polar surface area (TPSA) is 89.8 Å². The van der Waals surface area contributed by atoms with Crippen LogP contribution in [-0.2, 0) is 10.0 Å². The number of rotatable bonds is 3. The Morgan fingerprint density at radius 3 is 2.68 bits per heavy atom. The number of imidazole rings is 1. The Morgan fingerprint density at radius 1 is 1.40 bits per heavy atom. The monoisotopic (exact) mass is 413 g/mol. The number of halogens is 4. The van der Waals surface area contributed by atoms with Crippen LogP contribution in [0.3, 0.4) is 0 Å². The number of benzene rings is 1. The van der Waals surface area contributed by atoms with E-state index in [4.69, 9.17) is 11.6 Å². The van der Waals surface area contributed by atoms with Crippen molar-refractivity contribution >= 4 is 54.0 Å². The fourth-order valence-electron chi connectivity index (χ4n) is 2.05. The number of hydrogen-bond donors (Lipinski definition) is 1. The zero-order valence-electron chi connectivity index (χ0n) is 12.1. The second-order valence-electron chi connectivity index (χ2n) is 4.86. The first-order valence-corrected chi connectivity index (χ1v) is 9.41. The van der Waals surface area contributed by atoms with E-state index in [-0.39, 0.29) is 20.4 Å². The van der Waals surface area contributed by atoms with Crippen LogP contribution >= 0.6 is 22.9 Å². The smallest absolute Gasteiger partial charge is 0.404 e. The lowest BCUT2D eigenvalue weighted by Gasteiger charge is -2.10. The van der Waals surface area contributed by atoms with Gasteiger partial charge in [-0.1, -0.05) is 22.9 Å². The summed E-state index contributed by atoms with van der Waals surface area (Å²) in [6.45, 7) is 0. The maximum Gasteiger partial charge on any atom is 0.573 e.